The molecule has 9 nitrogen and oxygen atoms in total. The Balaban J connectivity index is 1.94. The van der Waals surface area contributed by atoms with E-state index in [0.29, 0.717) is 11.4 Å². The van der Waals surface area contributed by atoms with E-state index in [0.717, 1.165) is 12.1 Å². The third-order valence-electron chi connectivity index (χ3n) is 4.03. The van der Waals surface area contributed by atoms with Crippen LogP contribution in [0.1, 0.15) is 13.8 Å². The molecule has 0 spiro atoms. The van der Waals surface area contributed by atoms with Gasteiger partial charge in [-0.3, -0.25) is 19.6 Å². The van der Waals surface area contributed by atoms with Crippen molar-refractivity contribution in [3.8, 4) is 5.75 Å². The molecule has 0 fully saturated rings. The largest absolute Gasteiger partial charge is 0.490 e. The summed E-state index contributed by atoms with van der Waals surface area (Å²) >= 11 is 0. The number of para-hydroxylation sites is 1. The summed E-state index contributed by atoms with van der Waals surface area (Å²) in [4.78, 5) is 22.1. The molecule has 142 valence electrons. The molecule has 0 saturated carbocycles. The van der Waals surface area contributed by atoms with E-state index in [1.54, 1.807) is 13.8 Å². The van der Waals surface area contributed by atoms with Crippen molar-refractivity contribution in [2.45, 2.75) is 18.7 Å². The molecule has 1 aliphatic rings. The fraction of sp³-hybridized carbons (Fsp3) is 0.235. The number of sulfonamides is 1. The third-order valence-corrected chi connectivity index (χ3v) is 5.46. The smallest absolute Gasteiger partial charge is 0.289 e. The van der Waals surface area contributed by atoms with Crippen LogP contribution < -0.4 is 14.8 Å². The zero-order valence-electron chi connectivity index (χ0n) is 14.6. The van der Waals surface area contributed by atoms with Crippen LogP contribution in [0.15, 0.2) is 47.4 Å². The van der Waals surface area contributed by atoms with E-state index in [-0.39, 0.29) is 18.2 Å². The van der Waals surface area contributed by atoms with Gasteiger partial charge >= 0.3 is 0 Å². The monoisotopic (exact) mass is 391 g/mol. The van der Waals surface area contributed by atoms with Crippen molar-refractivity contribution in [3.05, 3.63) is 52.6 Å². The molecule has 0 bridgehead atoms. The summed E-state index contributed by atoms with van der Waals surface area (Å²) in [6.07, 6.45) is 0. The molecule has 2 aromatic carbocycles. The number of nitro benzene ring substituents is 1. The van der Waals surface area contributed by atoms with Crippen LogP contribution in [0.5, 0.6) is 5.75 Å². The minimum atomic E-state index is -4.21. The van der Waals surface area contributed by atoms with Gasteiger partial charge in [0.2, 0.25) is 5.91 Å². The van der Waals surface area contributed by atoms with E-state index < -0.39 is 30.9 Å². The Morgan fingerprint density at radius 3 is 2.63 bits per heavy atom. The Kier molecular flexibility index (Phi) is 4.52. The van der Waals surface area contributed by atoms with Gasteiger partial charge in [0, 0.05) is 6.07 Å². The molecule has 0 aromatic heterocycles. The predicted molar refractivity (Wildman–Crippen MR) is 98.3 cm³/mol. The first kappa shape index (κ1) is 18.6. The highest BCUT2D eigenvalue weighted by molar-refractivity contribution is 7.92. The van der Waals surface area contributed by atoms with E-state index in [2.05, 4.69) is 10.0 Å². The van der Waals surface area contributed by atoms with Gasteiger partial charge in [0.15, 0.2) is 4.90 Å². The van der Waals surface area contributed by atoms with Gasteiger partial charge in [0.1, 0.15) is 12.4 Å². The molecule has 0 atom stereocenters. The number of benzene rings is 2. The number of nitrogens with one attached hydrogen (secondary N) is 2. The quantitative estimate of drug-likeness (QED) is 0.609. The van der Waals surface area contributed by atoms with E-state index in [1.165, 1.54) is 30.3 Å². The van der Waals surface area contributed by atoms with Gasteiger partial charge in [0.25, 0.3) is 15.7 Å². The normalized spacial score (nSPS) is 15.7. The average Bonchev–Trinajstić information content (AvgIpc) is 2.71. The lowest BCUT2D eigenvalue weighted by Gasteiger charge is -2.18. The van der Waals surface area contributed by atoms with Crippen molar-refractivity contribution in [2.75, 3.05) is 16.6 Å². The number of amides is 1. The van der Waals surface area contributed by atoms with Crippen molar-refractivity contribution in [1.29, 1.82) is 0 Å². The maximum absolute atomic E-state index is 12.6. The standard InChI is InChI=1S/C17H17N3O6S/c1-17(2)10-26-14-8-7-11(9-12(14)18-16(17)21)19-27(24,25)15-6-4-3-5-13(15)20(22)23/h3-9,19H,10H2,1-2H3,(H,18,21). The fourth-order valence-corrected chi connectivity index (χ4v) is 3.70. The highest BCUT2D eigenvalue weighted by Gasteiger charge is 2.32. The molecule has 2 aromatic rings. The summed E-state index contributed by atoms with van der Waals surface area (Å²) in [5, 5.41) is 13.8. The first-order chi connectivity index (χ1) is 12.6. The van der Waals surface area contributed by atoms with Crippen molar-refractivity contribution in [2.24, 2.45) is 5.41 Å². The van der Waals surface area contributed by atoms with E-state index >= 15 is 0 Å². The molecule has 1 amide bonds. The molecule has 10 heteroatoms. The van der Waals surface area contributed by atoms with Gasteiger partial charge in [-0.15, -0.1) is 0 Å². The summed E-state index contributed by atoms with van der Waals surface area (Å²) in [6.45, 7) is 3.63. The number of ether oxygens (including phenoxy) is 1. The number of carbonyl (C=O) groups is 1. The number of hydrogen-bond donors (Lipinski definition) is 2. The molecular formula is C17H17N3O6S. The maximum atomic E-state index is 12.6. The molecular weight excluding hydrogens is 374 g/mol. The van der Waals surface area contributed by atoms with E-state index in [4.69, 9.17) is 4.74 Å². The Bertz CT molecular complexity index is 1030. The molecule has 0 radical (unpaired) electrons. The van der Waals surface area contributed by atoms with E-state index in [9.17, 15) is 23.3 Å². The molecule has 3 rings (SSSR count). The lowest BCUT2D eigenvalue weighted by atomic mass is 9.94. The lowest BCUT2D eigenvalue weighted by molar-refractivity contribution is -0.387. The third kappa shape index (κ3) is 3.70. The number of rotatable bonds is 4. The first-order valence-corrected chi connectivity index (χ1v) is 9.43. The number of anilines is 2. The first-order valence-electron chi connectivity index (χ1n) is 7.95. The average molecular weight is 391 g/mol. The summed E-state index contributed by atoms with van der Waals surface area (Å²) in [6, 6.07) is 9.42. The zero-order chi connectivity index (χ0) is 19.8. The zero-order valence-corrected chi connectivity index (χ0v) is 15.4. The van der Waals surface area contributed by atoms with Crippen molar-refractivity contribution in [1.82, 2.24) is 0 Å². The number of carbonyl (C=O) groups excluding carboxylic acids is 1. The van der Waals surface area contributed by atoms with E-state index in [1.807, 2.05) is 0 Å². The number of hydrogen-bond acceptors (Lipinski definition) is 6. The summed E-state index contributed by atoms with van der Waals surface area (Å²) in [5.41, 5.74) is -0.828. The molecule has 2 N–H and O–H groups in total. The molecule has 0 saturated heterocycles. The second kappa shape index (κ2) is 6.54. The van der Waals surface area contributed by atoms with Gasteiger partial charge in [-0.05, 0) is 38.1 Å². The fourth-order valence-electron chi connectivity index (χ4n) is 2.48. The van der Waals surface area contributed by atoms with Crippen molar-refractivity contribution < 1.29 is 22.9 Å². The highest BCUT2D eigenvalue weighted by Crippen LogP contribution is 2.35. The lowest BCUT2D eigenvalue weighted by Crippen LogP contribution is -2.33. The Morgan fingerprint density at radius 1 is 1.22 bits per heavy atom. The molecule has 1 heterocycles. The summed E-state index contributed by atoms with van der Waals surface area (Å²) < 4.78 is 33.1. The van der Waals surface area contributed by atoms with Crippen LogP contribution in [0.3, 0.4) is 0 Å². The highest BCUT2D eigenvalue weighted by atomic mass is 32.2. The summed E-state index contributed by atoms with van der Waals surface area (Å²) in [7, 11) is -4.21. The maximum Gasteiger partial charge on any atom is 0.289 e. The van der Waals surface area contributed by atoms with Crippen molar-refractivity contribution in [3.63, 3.8) is 0 Å². The van der Waals surface area contributed by atoms with Gasteiger partial charge in [0.05, 0.1) is 21.7 Å². The van der Waals surface area contributed by atoms with Gasteiger partial charge in [-0.1, -0.05) is 12.1 Å². The van der Waals surface area contributed by atoms with Gasteiger partial charge < -0.3 is 10.1 Å². The number of fused-ring (bicyclic) bond motifs is 1. The van der Waals surface area contributed by atoms with Crippen molar-refractivity contribution >= 4 is 33.0 Å². The Labute approximate surface area is 155 Å². The second-order valence-corrected chi connectivity index (χ2v) is 8.32. The SMILES string of the molecule is CC1(C)COc2ccc(NS(=O)(=O)c3ccccc3[N+](=O)[O-])cc2NC1=O. The van der Waals surface area contributed by atoms with Crippen LogP contribution in [0, 0.1) is 15.5 Å². The van der Waals surface area contributed by atoms with Crippen LogP contribution in [0.2, 0.25) is 0 Å². The predicted octanol–water partition coefficient (Wildman–Crippen LogP) is 2.75. The minimum absolute atomic E-state index is 0.135. The van der Waals surface area contributed by atoms with Crippen LogP contribution in [0.25, 0.3) is 0 Å². The van der Waals surface area contributed by atoms with Gasteiger partial charge in [-0.25, -0.2) is 8.42 Å². The van der Waals surface area contributed by atoms with Crippen LogP contribution >= 0.6 is 0 Å². The summed E-state index contributed by atoms with van der Waals surface area (Å²) in [5.74, 6) is 0.141. The molecule has 0 unspecified atom stereocenters. The van der Waals surface area contributed by atoms with Crippen LogP contribution in [-0.2, 0) is 14.8 Å². The Hall–Kier alpha value is -3.14. The number of nitrogens with zero attached hydrogens (tertiary/aromatic N) is 1. The van der Waals surface area contributed by atoms with Crippen LogP contribution in [-0.4, -0.2) is 25.9 Å². The van der Waals surface area contributed by atoms with Crippen LogP contribution in [0.4, 0.5) is 17.1 Å². The molecule has 0 aliphatic carbocycles. The second-order valence-electron chi connectivity index (χ2n) is 6.67. The van der Waals surface area contributed by atoms with Gasteiger partial charge in [-0.2, -0.15) is 0 Å². The Morgan fingerprint density at radius 2 is 1.93 bits per heavy atom. The topological polar surface area (TPSA) is 128 Å². The molecule has 27 heavy (non-hydrogen) atoms. The minimum Gasteiger partial charge on any atom is -0.490 e. The molecule has 1 aliphatic heterocycles. The number of nitro groups is 1.